The van der Waals surface area contributed by atoms with Crippen LogP contribution in [0, 0.1) is 12.3 Å². The Bertz CT molecular complexity index is 754. The van der Waals surface area contributed by atoms with Crippen molar-refractivity contribution in [3.8, 4) is 0 Å². The SMILES string of the molecule is CN=C(NCCc1c[nH]c2c(C)cccc12)NCC1(CCO)CCOC1.I. The van der Waals surface area contributed by atoms with E-state index in [2.05, 4.69) is 51.9 Å². The molecule has 0 aliphatic carbocycles. The first kappa shape index (κ1) is 22.0. The first-order valence-electron chi connectivity index (χ1n) is 9.36. The molecule has 4 N–H and O–H groups in total. The zero-order valence-corrected chi connectivity index (χ0v) is 18.5. The molecule has 1 fully saturated rings. The summed E-state index contributed by atoms with van der Waals surface area (Å²) in [5, 5.41) is 17.4. The number of hydrogen-bond acceptors (Lipinski definition) is 3. The number of fused-ring (bicyclic) bond motifs is 1. The number of rotatable bonds is 7. The lowest BCUT2D eigenvalue weighted by molar-refractivity contribution is 0.127. The van der Waals surface area contributed by atoms with Gasteiger partial charge in [-0.15, -0.1) is 24.0 Å². The highest BCUT2D eigenvalue weighted by atomic mass is 127. The largest absolute Gasteiger partial charge is 0.396 e. The maximum Gasteiger partial charge on any atom is 0.191 e. The summed E-state index contributed by atoms with van der Waals surface area (Å²) >= 11 is 0. The van der Waals surface area contributed by atoms with Gasteiger partial charge in [-0.25, -0.2) is 0 Å². The van der Waals surface area contributed by atoms with Gasteiger partial charge in [-0.2, -0.15) is 0 Å². The van der Waals surface area contributed by atoms with Crippen LogP contribution in [0.25, 0.3) is 10.9 Å². The Morgan fingerprint density at radius 1 is 1.37 bits per heavy atom. The van der Waals surface area contributed by atoms with Crippen LogP contribution < -0.4 is 10.6 Å². The number of para-hydroxylation sites is 1. The smallest absolute Gasteiger partial charge is 0.191 e. The van der Waals surface area contributed by atoms with Gasteiger partial charge in [0.2, 0.25) is 0 Å². The number of H-pyrrole nitrogens is 1. The van der Waals surface area contributed by atoms with Crippen molar-refractivity contribution in [1.29, 1.82) is 0 Å². The highest BCUT2D eigenvalue weighted by Gasteiger charge is 2.34. The van der Waals surface area contributed by atoms with Crippen LogP contribution in [0.15, 0.2) is 29.4 Å². The summed E-state index contributed by atoms with van der Waals surface area (Å²) in [6.07, 6.45) is 4.76. The van der Waals surface area contributed by atoms with Crippen molar-refractivity contribution in [3.63, 3.8) is 0 Å². The minimum absolute atomic E-state index is 0. The predicted molar refractivity (Wildman–Crippen MR) is 121 cm³/mol. The van der Waals surface area contributed by atoms with E-state index < -0.39 is 0 Å². The molecule has 1 atom stereocenters. The van der Waals surface area contributed by atoms with Crippen LogP contribution >= 0.6 is 24.0 Å². The molecule has 0 radical (unpaired) electrons. The third-order valence-corrected chi connectivity index (χ3v) is 5.38. The molecule has 7 heteroatoms. The zero-order chi connectivity index (χ0) is 18.4. The molecule has 2 heterocycles. The van der Waals surface area contributed by atoms with Crippen molar-refractivity contribution in [2.75, 3.05) is 40.0 Å². The number of aryl methyl sites for hydroxylation is 1. The highest BCUT2D eigenvalue weighted by molar-refractivity contribution is 14.0. The van der Waals surface area contributed by atoms with Crippen LogP contribution in [0.1, 0.15) is 24.0 Å². The maximum atomic E-state index is 9.34. The molecule has 1 saturated heterocycles. The van der Waals surface area contributed by atoms with E-state index in [1.165, 1.54) is 22.0 Å². The van der Waals surface area contributed by atoms with E-state index in [-0.39, 0.29) is 36.0 Å². The van der Waals surface area contributed by atoms with E-state index in [0.29, 0.717) is 6.61 Å². The number of guanidine groups is 1. The lowest BCUT2D eigenvalue weighted by atomic mass is 9.84. The number of benzene rings is 1. The van der Waals surface area contributed by atoms with Gasteiger partial charge >= 0.3 is 0 Å². The van der Waals surface area contributed by atoms with Crippen LogP contribution in [0.4, 0.5) is 0 Å². The molecule has 6 nitrogen and oxygen atoms in total. The van der Waals surface area contributed by atoms with Crippen molar-refractivity contribution in [2.24, 2.45) is 10.4 Å². The Morgan fingerprint density at radius 2 is 2.22 bits per heavy atom. The minimum Gasteiger partial charge on any atom is -0.396 e. The molecule has 1 aliphatic rings. The number of nitrogens with zero attached hydrogens (tertiary/aromatic N) is 1. The lowest BCUT2D eigenvalue weighted by Gasteiger charge is -2.27. The zero-order valence-electron chi connectivity index (χ0n) is 16.2. The van der Waals surface area contributed by atoms with Crippen molar-refractivity contribution in [2.45, 2.75) is 26.2 Å². The molecule has 3 rings (SSSR count). The van der Waals surface area contributed by atoms with Crippen LogP contribution in [0.5, 0.6) is 0 Å². The fraction of sp³-hybridized carbons (Fsp3) is 0.550. The van der Waals surface area contributed by atoms with Crippen molar-refractivity contribution >= 4 is 40.8 Å². The summed E-state index contributed by atoms with van der Waals surface area (Å²) in [5.74, 6) is 0.797. The Morgan fingerprint density at radius 3 is 2.93 bits per heavy atom. The highest BCUT2D eigenvalue weighted by Crippen LogP contribution is 2.31. The number of ether oxygens (including phenoxy) is 1. The molecule has 1 unspecified atom stereocenters. The van der Waals surface area contributed by atoms with Gasteiger partial charge < -0.3 is 25.5 Å². The van der Waals surface area contributed by atoms with Gasteiger partial charge in [0, 0.05) is 55.9 Å². The average Bonchev–Trinajstić information content (AvgIpc) is 3.27. The quantitative estimate of drug-likeness (QED) is 0.276. The molecule has 1 aromatic carbocycles. The number of aliphatic hydroxyl groups is 1. The van der Waals surface area contributed by atoms with Crippen LogP contribution in [0.3, 0.4) is 0 Å². The number of aromatic amines is 1. The van der Waals surface area contributed by atoms with E-state index in [9.17, 15) is 5.11 Å². The van der Waals surface area contributed by atoms with E-state index in [0.717, 1.165) is 44.9 Å². The molecular formula is C20H31IN4O2. The number of aliphatic hydroxyl groups excluding tert-OH is 1. The lowest BCUT2D eigenvalue weighted by Crippen LogP contribution is -2.45. The number of aliphatic imine (C=N–C) groups is 1. The monoisotopic (exact) mass is 486 g/mol. The van der Waals surface area contributed by atoms with Crippen LogP contribution in [-0.4, -0.2) is 56.0 Å². The molecule has 0 saturated carbocycles. The first-order chi connectivity index (χ1) is 12.7. The Hall–Kier alpha value is -1.32. The van der Waals surface area contributed by atoms with Gasteiger partial charge in [-0.1, -0.05) is 18.2 Å². The average molecular weight is 486 g/mol. The number of aromatic nitrogens is 1. The van der Waals surface area contributed by atoms with E-state index in [1.807, 2.05) is 0 Å². The van der Waals surface area contributed by atoms with E-state index in [4.69, 9.17) is 4.74 Å². The number of nitrogens with one attached hydrogen (secondary N) is 3. The Balaban J connectivity index is 0.00000261. The predicted octanol–water partition coefficient (Wildman–Crippen LogP) is 2.59. The van der Waals surface area contributed by atoms with Gasteiger partial charge in [0.15, 0.2) is 5.96 Å². The Kier molecular flexibility index (Phi) is 8.37. The van der Waals surface area contributed by atoms with E-state index >= 15 is 0 Å². The second-order valence-electron chi connectivity index (χ2n) is 7.19. The fourth-order valence-electron chi connectivity index (χ4n) is 3.69. The molecule has 150 valence electrons. The van der Waals surface area contributed by atoms with E-state index in [1.54, 1.807) is 7.05 Å². The van der Waals surface area contributed by atoms with Gasteiger partial charge in [0.05, 0.1) is 6.61 Å². The van der Waals surface area contributed by atoms with Crippen molar-refractivity contribution in [1.82, 2.24) is 15.6 Å². The molecule has 1 aromatic heterocycles. The fourth-order valence-corrected chi connectivity index (χ4v) is 3.69. The van der Waals surface area contributed by atoms with Crippen molar-refractivity contribution in [3.05, 3.63) is 35.5 Å². The minimum atomic E-state index is 0. The summed E-state index contributed by atoms with van der Waals surface area (Å²) in [4.78, 5) is 7.70. The summed E-state index contributed by atoms with van der Waals surface area (Å²) in [6.45, 7) is 5.36. The summed E-state index contributed by atoms with van der Waals surface area (Å²) in [7, 11) is 1.79. The third-order valence-electron chi connectivity index (χ3n) is 5.38. The molecule has 0 bridgehead atoms. The Labute approximate surface area is 178 Å². The van der Waals surface area contributed by atoms with Crippen LogP contribution in [0.2, 0.25) is 0 Å². The van der Waals surface area contributed by atoms with Gasteiger partial charge in [-0.05, 0) is 37.3 Å². The second kappa shape index (κ2) is 10.3. The molecule has 2 aromatic rings. The number of halogens is 1. The summed E-state index contributed by atoms with van der Waals surface area (Å²) < 4.78 is 5.54. The first-order valence-corrected chi connectivity index (χ1v) is 9.36. The van der Waals surface area contributed by atoms with Crippen LogP contribution in [-0.2, 0) is 11.2 Å². The van der Waals surface area contributed by atoms with Crippen molar-refractivity contribution < 1.29 is 9.84 Å². The third kappa shape index (κ3) is 5.36. The molecular weight excluding hydrogens is 455 g/mol. The van der Waals surface area contributed by atoms with Gasteiger partial charge in [0.1, 0.15) is 0 Å². The van der Waals surface area contributed by atoms with Gasteiger partial charge in [-0.3, -0.25) is 4.99 Å². The molecule has 0 amide bonds. The second-order valence-corrected chi connectivity index (χ2v) is 7.19. The maximum absolute atomic E-state index is 9.34. The normalized spacial score (nSPS) is 19.9. The molecule has 0 spiro atoms. The molecule has 1 aliphatic heterocycles. The summed E-state index contributed by atoms with van der Waals surface area (Å²) in [5.41, 5.74) is 3.82. The van der Waals surface area contributed by atoms with Gasteiger partial charge in [0.25, 0.3) is 0 Å². The standard InChI is InChI=1S/C20H30N4O2.HI/c1-15-4-3-5-17-16(12-23-18(15)17)6-9-22-19(21-2)24-13-20(7-10-25)8-11-26-14-20;/h3-5,12,23,25H,6-11,13-14H2,1-2H3,(H2,21,22,24);1H. The molecule has 27 heavy (non-hydrogen) atoms. The topological polar surface area (TPSA) is 81.7 Å². The summed E-state index contributed by atoms with van der Waals surface area (Å²) in [6, 6.07) is 6.40. The number of hydrogen-bond donors (Lipinski definition) is 4.